The number of carbonyl (C=O) groups is 1. The number of fused-ring (bicyclic) bond motifs is 2. The van der Waals surface area contributed by atoms with Crippen LogP contribution in [0.15, 0.2) is 54.6 Å². The predicted octanol–water partition coefficient (Wildman–Crippen LogP) is 5.83. The van der Waals surface area contributed by atoms with Crippen LogP contribution in [0.5, 0.6) is 0 Å². The number of aromatic nitrogens is 1. The van der Waals surface area contributed by atoms with Gasteiger partial charge in [0.2, 0.25) is 0 Å². The summed E-state index contributed by atoms with van der Waals surface area (Å²) in [7, 11) is 0. The number of nitrogens with zero attached hydrogens (tertiary/aromatic N) is 1. The average molecular weight is 373 g/mol. The molecule has 0 aliphatic heterocycles. The monoisotopic (exact) mass is 373 g/mol. The van der Waals surface area contributed by atoms with Crippen molar-refractivity contribution in [3.05, 3.63) is 65.7 Å². The van der Waals surface area contributed by atoms with Crippen molar-refractivity contribution in [2.45, 2.75) is 6.18 Å². The van der Waals surface area contributed by atoms with E-state index in [0.29, 0.717) is 4.88 Å². The van der Waals surface area contributed by atoms with Gasteiger partial charge in [0.25, 0.3) is 0 Å². The van der Waals surface area contributed by atoms with Crippen molar-refractivity contribution in [1.82, 2.24) is 4.98 Å². The molecule has 0 radical (unpaired) electrons. The zero-order chi connectivity index (χ0) is 18.5. The van der Waals surface area contributed by atoms with E-state index in [1.54, 1.807) is 6.07 Å². The van der Waals surface area contributed by atoms with Gasteiger partial charge in [-0.15, -0.1) is 11.3 Å². The Morgan fingerprint density at radius 1 is 1.04 bits per heavy atom. The molecule has 7 heteroatoms. The Bertz CT molecular complexity index is 1130. The van der Waals surface area contributed by atoms with Gasteiger partial charge in [-0.25, -0.2) is 9.78 Å². The van der Waals surface area contributed by atoms with E-state index in [1.165, 1.54) is 29.5 Å². The van der Waals surface area contributed by atoms with Crippen LogP contribution < -0.4 is 0 Å². The Kier molecular flexibility index (Phi) is 3.69. The van der Waals surface area contributed by atoms with Gasteiger partial charge in [0, 0.05) is 10.1 Å². The molecule has 0 atom stereocenters. The minimum absolute atomic E-state index is 0.0304. The molecule has 2 heterocycles. The minimum Gasteiger partial charge on any atom is -0.478 e. The summed E-state index contributed by atoms with van der Waals surface area (Å²) in [6, 6.07) is 14.1. The summed E-state index contributed by atoms with van der Waals surface area (Å²) < 4.78 is 41.1. The molecule has 0 saturated carbocycles. The lowest BCUT2D eigenvalue weighted by atomic mass is 10.0. The average Bonchev–Trinajstić information content (AvgIpc) is 3.03. The third kappa shape index (κ3) is 2.70. The van der Waals surface area contributed by atoms with Gasteiger partial charge in [-0.3, -0.25) is 0 Å². The highest BCUT2D eigenvalue weighted by Gasteiger charge is 2.34. The topological polar surface area (TPSA) is 50.2 Å². The minimum atomic E-state index is -4.62. The van der Waals surface area contributed by atoms with Crippen LogP contribution in [0.25, 0.3) is 31.6 Å². The largest absolute Gasteiger partial charge is 0.478 e. The third-order valence-corrected chi connectivity index (χ3v) is 5.19. The van der Waals surface area contributed by atoms with Gasteiger partial charge in [-0.05, 0) is 29.7 Å². The Morgan fingerprint density at radius 3 is 2.50 bits per heavy atom. The Hall–Kier alpha value is -2.93. The zero-order valence-electron chi connectivity index (χ0n) is 13.0. The SMILES string of the molecule is O=C(O)c1cc(-c2cc3ccccc3s2)nc2c(C(F)(F)F)cccc12. The molecule has 26 heavy (non-hydrogen) atoms. The second-order valence-electron chi connectivity index (χ2n) is 5.71. The van der Waals surface area contributed by atoms with E-state index >= 15 is 0 Å². The molecule has 130 valence electrons. The van der Waals surface area contributed by atoms with Gasteiger partial charge in [-0.1, -0.05) is 30.3 Å². The summed E-state index contributed by atoms with van der Waals surface area (Å²) in [5.74, 6) is -1.29. The maximum Gasteiger partial charge on any atom is 0.418 e. The number of hydrogen-bond donors (Lipinski definition) is 1. The van der Waals surface area contributed by atoms with Crippen molar-refractivity contribution < 1.29 is 23.1 Å². The standard InChI is InChI=1S/C19H10F3NO2S/c20-19(21,22)13-6-3-5-11-12(18(24)25)9-14(23-17(11)13)16-8-10-4-1-2-7-15(10)26-16/h1-9H,(H,24,25). The number of benzene rings is 2. The Morgan fingerprint density at radius 2 is 1.81 bits per heavy atom. The fourth-order valence-electron chi connectivity index (χ4n) is 2.89. The third-order valence-electron chi connectivity index (χ3n) is 4.05. The predicted molar refractivity (Wildman–Crippen MR) is 94.5 cm³/mol. The van der Waals surface area contributed by atoms with E-state index in [2.05, 4.69) is 4.98 Å². The summed E-state index contributed by atoms with van der Waals surface area (Å²) in [6.45, 7) is 0. The van der Waals surface area contributed by atoms with Gasteiger partial charge in [-0.2, -0.15) is 13.2 Å². The van der Waals surface area contributed by atoms with Crippen LogP contribution in [0.1, 0.15) is 15.9 Å². The van der Waals surface area contributed by atoms with Crippen LogP contribution in [0.3, 0.4) is 0 Å². The molecule has 2 aromatic heterocycles. The lowest BCUT2D eigenvalue weighted by Gasteiger charge is -2.12. The van der Waals surface area contributed by atoms with Gasteiger partial charge < -0.3 is 5.11 Å². The van der Waals surface area contributed by atoms with Crippen LogP contribution in [0.4, 0.5) is 13.2 Å². The molecule has 0 unspecified atom stereocenters. The lowest BCUT2D eigenvalue weighted by molar-refractivity contribution is -0.136. The van der Waals surface area contributed by atoms with Crippen molar-refractivity contribution in [3.63, 3.8) is 0 Å². The van der Waals surface area contributed by atoms with Crippen molar-refractivity contribution >= 4 is 38.3 Å². The van der Waals surface area contributed by atoms with Gasteiger partial charge in [0.15, 0.2) is 0 Å². The lowest BCUT2D eigenvalue weighted by Crippen LogP contribution is -2.08. The van der Waals surface area contributed by atoms with Crippen molar-refractivity contribution in [3.8, 4) is 10.6 Å². The summed E-state index contributed by atoms with van der Waals surface area (Å²) in [6.07, 6.45) is -4.62. The molecule has 0 aliphatic carbocycles. The quantitative estimate of drug-likeness (QED) is 0.481. The first-order valence-electron chi connectivity index (χ1n) is 7.58. The highest BCUT2D eigenvalue weighted by molar-refractivity contribution is 7.22. The van der Waals surface area contributed by atoms with E-state index in [4.69, 9.17) is 0 Å². The first kappa shape index (κ1) is 16.5. The molecule has 0 amide bonds. The molecule has 0 fully saturated rings. The smallest absolute Gasteiger partial charge is 0.418 e. The molecular formula is C19H10F3NO2S. The van der Waals surface area contributed by atoms with E-state index in [1.807, 2.05) is 24.3 Å². The summed E-state index contributed by atoms with van der Waals surface area (Å²) in [5.41, 5.74) is -1.28. The molecule has 3 nitrogen and oxygen atoms in total. The highest BCUT2D eigenvalue weighted by Crippen LogP contribution is 2.38. The number of hydrogen-bond acceptors (Lipinski definition) is 3. The van der Waals surface area contributed by atoms with Gasteiger partial charge in [0.1, 0.15) is 0 Å². The number of carboxylic acids is 1. The number of para-hydroxylation sites is 1. The molecule has 0 spiro atoms. The fraction of sp³-hybridized carbons (Fsp3) is 0.0526. The number of rotatable bonds is 2. The van der Waals surface area contributed by atoms with E-state index in [9.17, 15) is 23.1 Å². The first-order chi connectivity index (χ1) is 12.3. The molecule has 4 rings (SSSR count). The molecule has 4 aromatic rings. The first-order valence-corrected chi connectivity index (χ1v) is 8.39. The summed E-state index contributed by atoms with van der Waals surface area (Å²) in [5, 5.41) is 10.4. The number of alkyl halides is 3. The second kappa shape index (κ2) is 5.81. The second-order valence-corrected chi connectivity index (χ2v) is 6.79. The number of pyridine rings is 1. The molecule has 2 aromatic carbocycles. The van der Waals surface area contributed by atoms with Gasteiger partial charge >= 0.3 is 12.1 Å². The van der Waals surface area contributed by atoms with Crippen LogP contribution in [0.2, 0.25) is 0 Å². The van der Waals surface area contributed by atoms with Crippen LogP contribution in [-0.2, 0) is 6.18 Å². The number of halogens is 3. The zero-order valence-corrected chi connectivity index (χ0v) is 13.9. The van der Waals surface area contributed by atoms with Crippen LogP contribution >= 0.6 is 11.3 Å². The Balaban J connectivity index is 2.05. The fourth-order valence-corrected chi connectivity index (χ4v) is 3.91. The van der Waals surface area contributed by atoms with Gasteiger partial charge in [0.05, 0.1) is 27.2 Å². The van der Waals surface area contributed by atoms with Crippen molar-refractivity contribution in [2.24, 2.45) is 0 Å². The maximum absolute atomic E-state index is 13.4. The number of carboxylic acid groups (broad SMARTS) is 1. The van der Waals surface area contributed by atoms with Crippen molar-refractivity contribution in [1.29, 1.82) is 0 Å². The van der Waals surface area contributed by atoms with E-state index in [-0.39, 0.29) is 22.2 Å². The van der Waals surface area contributed by atoms with E-state index < -0.39 is 17.7 Å². The molecular weight excluding hydrogens is 363 g/mol. The molecule has 0 bridgehead atoms. The van der Waals surface area contributed by atoms with Crippen LogP contribution in [-0.4, -0.2) is 16.1 Å². The molecule has 0 saturated heterocycles. The summed E-state index contributed by atoms with van der Waals surface area (Å²) >= 11 is 1.36. The number of aromatic carboxylic acids is 1. The normalized spacial score (nSPS) is 12.0. The van der Waals surface area contributed by atoms with Crippen molar-refractivity contribution in [2.75, 3.05) is 0 Å². The van der Waals surface area contributed by atoms with E-state index in [0.717, 1.165) is 16.2 Å². The summed E-state index contributed by atoms with van der Waals surface area (Å²) in [4.78, 5) is 16.4. The highest BCUT2D eigenvalue weighted by atomic mass is 32.1. The molecule has 0 aliphatic rings. The Labute approximate surface area is 149 Å². The van der Waals surface area contributed by atoms with Crippen LogP contribution in [0, 0.1) is 0 Å². The molecule has 1 N–H and O–H groups in total. The number of thiophene rings is 1. The maximum atomic E-state index is 13.4.